The number of ether oxygens (including phenoxy) is 4. The molecular weight excluding hydrogens is 1430 g/mol. The van der Waals surface area contributed by atoms with E-state index in [0.29, 0.717) is 78.7 Å². The topological polar surface area (TPSA) is 215 Å². The van der Waals surface area contributed by atoms with Gasteiger partial charge in [0.15, 0.2) is 0 Å². The molecule has 105 heavy (non-hydrogen) atoms. The summed E-state index contributed by atoms with van der Waals surface area (Å²) in [5.74, 6) is -0.731. The summed E-state index contributed by atoms with van der Waals surface area (Å²) in [7, 11) is 1.39. The van der Waals surface area contributed by atoms with Crippen molar-refractivity contribution in [1.82, 2.24) is 15.0 Å². The van der Waals surface area contributed by atoms with E-state index in [1.807, 2.05) is 170 Å². The van der Waals surface area contributed by atoms with Crippen LogP contribution in [-0.4, -0.2) is 65.8 Å². The molecule has 0 radical (unpaired) electrons. The molecule has 0 bridgehead atoms. The molecule has 0 unspecified atom stereocenters. The molecule has 532 valence electrons. The van der Waals surface area contributed by atoms with Gasteiger partial charge in [-0.05, 0) is 173 Å². The molecule has 0 N–H and O–H groups in total. The van der Waals surface area contributed by atoms with E-state index in [1.165, 1.54) is 27.6 Å². The number of pyridine rings is 3. The first-order valence-corrected chi connectivity index (χ1v) is 38.2. The number of aryl methyl sites for hydroxylation is 1. The van der Waals surface area contributed by atoms with Gasteiger partial charge in [-0.25, -0.2) is 0 Å². The van der Waals surface area contributed by atoms with Crippen LogP contribution in [0.1, 0.15) is 115 Å². The van der Waals surface area contributed by atoms with Gasteiger partial charge in [0.2, 0.25) is 0 Å². The molecule has 6 aromatic carbocycles. The third-order valence-electron chi connectivity index (χ3n) is 17.3. The van der Waals surface area contributed by atoms with Crippen LogP contribution in [-0.2, 0) is 70.2 Å². The van der Waals surface area contributed by atoms with Gasteiger partial charge in [0.05, 0.1) is 85.5 Å². The number of esters is 4. The van der Waals surface area contributed by atoms with Gasteiger partial charge in [-0.2, -0.15) is 15.8 Å². The summed E-state index contributed by atoms with van der Waals surface area (Å²) in [6.07, 6.45) is 16.3. The molecule has 0 saturated carbocycles. The Morgan fingerprint density at radius 1 is 0.486 bits per heavy atom. The summed E-state index contributed by atoms with van der Waals surface area (Å²) in [6, 6.07) is 53.5. The lowest BCUT2D eigenvalue weighted by molar-refractivity contribution is -0.154. The third kappa shape index (κ3) is 19.4. The van der Waals surface area contributed by atoms with Crippen LogP contribution >= 0.6 is 68.5 Å². The number of halogens is 2. The summed E-state index contributed by atoms with van der Waals surface area (Å²) in [5, 5.41) is 35.0. The standard InChI is InChI=1S/C25H22N2O2S.C22H22Cl2O2S.C21H20N2O2S.C17H12N2O2S/c1-4-29-24(28)25(2,3)12-18-11-17-14-27-15-22(23(17)30-18)21-10-9-16(13-26)19-7-5-6-8-20(19)21;1-2-3-12-26-21(25)11-10-17-13-15-6-4-7-16(22(15)27-17)14-18-19(23)8-5-9-20(18)24;1-4-25-20(24)21(2,3)10-17-9-16-12-23-13-18(19(16)26-17)15-7-5-14(11-22)6-8-15;1-21-16(20)7-14-6-13-9-19-10-15(17(13)22-14)12-4-2-11(8-18)3-5-12/h5-11,14-15H,4,12H2,1-3H3;4-9,13H,2-3,10-12,14H2,1H3;5-9,12-13H,4,10H2,1-3H3;2-6,9-10H,7H2,1H3. The van der Waals surface area contributed by atoms with Crippen molar-refractivity contribution in [3.05, 3.63) is 240 Å². The first-order valence-electron chi connectivity index (χ1n) is 34.2. The molecule has 0 atom stereocenters. The van der Waals surface area contributed by atoms with Gasteiger partial charge in [-0.1, -0.05) is 115 Å². The molecule has 0 saturated heterocycles. The summed E-state index contributed by atoms with van der Waals surface area (Å²) in [4.78, 5) is 65.2. The number of thiophene rings is 4. The molecule has 7 heterocycles. The second-order valence-electron chi connectivity index (χ2n) is 26.0. The zero-order valence-corrected chi connectivity index (χ0v) is 64.2. The minimum atomic E-state index is -0.592. The Morgan fingerprint density at radius 2 is 0.971 bits per heavy atom. The van der Waals surface area contributed by atoms with E-state index in [-0.39, 0.29) is 30.3 Å². The summed E-state index contributed by atoms with van der Waals surface area (Å²) >= 11 is 19.3. The molecular formula is C85H76Cl2N6O8S4. The lowest BCUT2D eigenvalue weighted by Gasteiger charge is -2.21. The molecule has 7 aromatic heterocycles. The summed E-state index contributed by atoms with van der Waals surface area (Å²) in [5.41, 5.74) is 9.08. The highest BCUT2D eigenvalue weighted by Gasteiger charge is 2.32. The van der Waals surface area contributed by atoms with Crippen LogP contribution in [0.15, 0.2) is 183 Å². The molecule has 13 aromatic rings. The number of carbonyl (C=O) groups is 4. The molecule has 0 amide bonds. The minimum absolute atomic E-state index is 0.121. The van der Waals surface area contributed by atoms with Crippen molar-refractivity contribution >= 4 is 144 Å². The fraction of sp³-hybridized carbons (Fsp3) is 0.247. The maximum absolute atomic E-state index is 12.3. The number of hydrogen-bond acceptors (Lipinski definition) is 18. The molecule has 14 nitrogen and oxygen atoms in total. The van der Waals surface area contributed by atoms with Crippen molar-refractivity contribution in [2.45, 2.75) is 99.8 Å². The van der Waals surface area contributed by atoms with Gasteiger partial charge in [-0.3, -0.25) is 34.1 Å². The quantitative estimate of drug-likeness (QED) is 0.0372. The smallest absolute Gasteiger partial charge is 0.311 e. The number of rotatable bonds is 21. The molecule has 0 aliphatic heterocycles. The normalized spacial score (nSPS) is 11.1. The molecule has 13 rings (SSSR count). The van der Waals surface area contributed by atoms with Crippen molar-refractivity contribution in [2.75, 3.05) is 26.9 Å². The first kappa shape index (κ1) is 77.4. The zero-order chi connectivity index (χ0) is 74.8. The molecule has 0 aliphatic carbocycles. The van der Waals surface area contributed by atoms with Gasteiger partial charge in [-0.15, -0.1) is 45.3 Å². The average molecular weight is 1510 g/mol. The highest BCUT2D eigenvalue weighted by molar-refractivity contribution is 7.20. The maximum Gasteiger partial charge on any atom is 0.311 e. The van der Waals surface area contributed by atoms with Crippen molar-refractivity contribution in [1.29, 1.82) is 15.8 Å². The lowest BCUT2D eigenvalue weighted by Crippen LogP contribution is -2.28. The summed E-state index contributed by atoms with van der Waals surface area (Å²) in [6.45, 7) is 14.7. The number of benzene rings is 6. The number of aromatic nitrogens is 3. The van der Waals surface area contributed by atoms with Crippen LogP contribution in [0, 0.1) is 44.8 Å². The Kier molecular flexibility index (Phi) is 26.5. The molecule has 0 aliphatic rings. The zero-order valence-electron chi connectivity index (χ0n) is 59.4. The highest BCUT2D eigenvalue weighted by Crippen LogP contribution is 2.42. The third-order valence-corrected chi connectivity index (χ3v) is 22.8. The number of unbranched alkanes of at least 4 members (excludes halogenated alkanes) is 1. The van der Waals surface area contributed by atoms with E-state index in [1.54, 1.807) is 63.7 Å². The van der Waals surface area contributed by atoms with Gasteiger partial charge in [0.1, 0.15) is 0 Å². The number of nitrogens with zero attached hydrogens (tertiary/aromatic N) is 6. The van der Waals surface area contributed by atoms with Gasteiger partial charge in [0, 0.05) is 130 Å². The fourth-order valence-corrected chi connectivity index (χ4v) is 17.5. The van der Waals surface area contributed by atoms with Crippen molar-refractivity contribution in [2.24, 2.45) is 10.8 Å². The van der Waals surface area contributed by atoms with Crippen LogP contribution in [0.2, 0.25) is 10.0 Å². The minimum Gasteiger partial charge on any atom is -0.469 e. The van der Waals surface area contributed by atoms with Crippen molar-refractivity contribution in [3.8, 4) is 51.6 Å². The van der Waals surface area contributed by atoms with E-state index in [9.17, 15) is 24.4 Å². The number of carbonyl (C=O) groups excluding carboxylic acids is 4. The van der Waals surface area contributed by atoms with Crippen LogP contribution in [0.4, 0.5) is 0 Å². The molecule has 0 spiro atoms. The second-order valence-corrected chi connectivity index (χ2v) is 31.3. The maximum atomic E-state index is 12.3. The van der Waals surface area contributed by atoms with Gasteiger partial charge < -0.3 is 18.9 Å². The van der Waals surface area contributed by atoms with Gasteiger partial charge in [0.25, 0.3) is 0 Å². The van der Waals surface area contributed by atoms with Crippen LogP contribution in [0.25, 0.3) is 84.5 Å². The van der Waals surface area contributed by atoms with Gasteiger partial charge >= 0.3 is 23.9 Å². The Labute approximate surface area is 637 Å². The predicted octanol–water partition coefficient (Wildman–Crippen LogP) is 21.7. The monoisotopic (exact) mass is 1510 g/mol. The Bertz CT molecular complexity index is 5410. The van der Waals surface area contributed by atoms with Crippen molar-refractivity contribution < 1.29 is 38.1 Å². The Morgan fingerprint density at radius 3 is 1.49 bits per heavy atom. The summed E-state index contributed by atoms with van der Waals surface area (Å²) < 4.78 is 25.0. The largest absolute Gasteiger partial charge is 0.469 e. The van der Waals surface area contributed by atoms with Crippen molar-refractivity contribution in [3.63, 3.8) is 0 Å². The van der Waals surface area contributed by atoms with E-state index < -0.39 is 10.8 Å². The first-order chi connectivity index (χ1) is 50.7. The highest BCUT2D eigenvalue weighted by atomic mass is 35.5. The predicted molar refractivity (Wildman–Crippen MR) is 426 cm³/mol. The number of fused-ring (bicyclic) bond motifs is 5. The van der Waals surface area contributed by atoms with E-state index in [0.717, 1.165) is 107 Å². The van der Waals surface area contributed by atoms with E-state index >= 15 is 0 Å². The Hall–Kier alpha value is -10.2. The number of nitriles is 3. The fourth-order valence-electron chi connectivity index (χ4n) is 11.8. The van der Waals surface area contributed by atoms with E-state index in [4.69, 9.17) is 52.7 Å². The van der Waals surface area contributed by atoms with E-state index in [2.05, 4.69) is 76.5 Å². The number of methoxy groups -OCH3 is 1. The van der Waals surface area contributed by atoms with Crippen LogP contribution in [0.5, 0.6) is 0 Å². The van der Waals surface area contributed by atoms with Crippen LogP contribution < -0.4 is 0 Å². The Balaban J connectivity index is 0.000000151. The average Bonchev–Trinajstić information content (AvgIpc) is 1.75. The second kappa shape index (κ2) is 36.0. The number of hydrogen-bond donors (Lipinski definition) is 0. The SMILES string of the molecule is CCCCOC(=O)CCc1cc2cccc(Cc3c(Cl)cccc3Cl)c2s1.CCOC(=O)C(C)(C)Cc1cc2cncc(-c3ccc(C#N)c4ccccc34)c2s1.CCOC(=O)C(C)(C)Cc1cc2cncc(-c3ccc(C#N)cc3)c2s1.COC(=O)Cc1cc2cncc(-c3ccc(C#N)cc3)c2s1. The molecule has 20 heteroatoms. The molecule has 0 fully saturated rings. The lowest BCUT2D eigenvalue weighted by atomic mass is 9.88. The van der Waals surface area contributed by atoms with Crippen LogP contribution in [0.3, 0.4) is 0 Å².